The largest absolute Gasteiger partial charge is 0.355 e. The zero-order chi connectivity index (χ0) is 17.2. The molecule has 1 saturated heterocycles. The van der Waals surface area contributed by atoms with Crippen LogP contribution in [0.3, 0.4) is 0 Å². The van der Waals surface area contributed by atoms with Crippen LogP contribution in [-0.2, 0) is 11.2 Å². The highest BCUT2D eigenvalue weighted by atomic mass is 32.1. The van der Waals surface area contributed by atoms with Gasteiger partial charge >= 0.3 is 0 Å². The van der Waals surface area contributed by atoms with Gasteiger partial charge in [0.2, 0.25) is 11.0 Å². The van der Waals surface area contributed by atoms with Gasteiger partial charge in [0.05, 0.1) is 11.3 Å². The second-order valence-electron chi connectivity index (χ2n) is 6.00. The van der Waals surface area contributed by atoms with Crippen molar-refractivity contribution < 1.29 is 4.79 Å². The Bertz CT molecular complexity index is 878. The predicted octanol–water partition coefficient (Wildman–Crippen LogP) is 2.96. The van der Waals surface area contributed by atoms with Crippen LogP contribution < -0.4 is 10.2 Å². The van der Waals surface area contributed by atoms with Crippen molar-refractivity contribution >= 4 is 49.7 Å². The van der Waals surface area contributed by atoms with E-state index in [-0.39, 0.29) is 11.8 Å². The molecule has 4 rings (SSSR count). The summed E-state index contributed by atoms with van der Waals surface area (Å²) in [6.07, 6.45) is 4.45. The van der Waals surface area contributed by atoms with Crippen molar-refractivity contribution in [1.82, 2.24) is 20.2 Å². The first-order chi connectivity index (χ1) is 12.2. The van der Waals surface area contributed by atoms with Crippen LogP contribution in [0.2, 0.25) is 0 Å². The minimum absolute atomic E-state index is 0.00585. The third-order valence-electron chi connectivity index (χ3n) is 4.39. The summed E-state index contributed by atoms with van der Waals surface area (Å²) in [6, 6.07) is 2.18. The van der Waals surface area contributed by atoms with E-state index >= 15 is 0 Å². The SMILES string of the molecule is CCc1cc2c(N3CCCC(C(=O)Nc4nncs4)C3)ncnc2s1. The third kappa shape index (κ3) is 3.34. The maximum absolute atomic E-state index is 12.5. The Balaban J connectivity index is 1.55. The molecule has 0 spiro atoms. The summed E-state index contributed by atoms with van der Waals surface area (Å²) in [5, 5.41) is 12.1. The van der Waals surface area contributed by atoms with Crippen molar-refractivity contribution in [2.45, 2.75) is 26.2 Å². The van der Waals surface area contributed by atoms with Crippen LogP contribution in [0, 0.1) is 5.92 Å². The number of amides is 1. The fourth-order valence-corrected chi connectivity index (χ4v) is 4.52. The van der Waals surface area contributed by atoms with Crippen LogP contribution in [0.4, 0.5) is 10.9 Å². The Morgan fingerprint density at radius 1 is 1.44 bits per heavy atom. The van der Waals surface area contributed by atoms with E-state index in [0.717, 1.165) is 41.8 Å². The molecule has 9 heteroatoms. The first-order valence-corrected chi connectivity index (χ1v) is 9.99. The normalized spacial score (nSPS) is 17.8. The standard InChI is InChI=1S/C16H18N6OS2/c1-2-11-6-12-13(17-8-18-15(12)25-11)22-5-3-4-10(7-22)14(23)20-16-21-19-9-24-16/h6,8-10H,2-5,7H2,1H3,(H,20,21,23). The number of hydrogen-bond acceptors (Lipinski definition) is 8. The van der Waals surface area contributed by atoms with Crippen LogP contribution in [0.25, 0.3) is 10.2 Å². The van der Waals surface area contributed by atoms with Gasteiger partial charge in [-0.2, -0.15) is 0 Å². The monoisotopic (exact) mass is 374 g/mol. The lowest BCUT2D eigenvalue weighted by atomic mass is 9.97. The molecule has 0 aromatic carbocycles. The second-order valence-corrected chi connectivity index (χ2v) is 7.95. The molecule has 3 aromatic heterocycles. The Kier molecular flexibility index (Phi) is 4.58. The molecule has 1 unspecified atom stereocenters. The van der Waals surface area contributed by atoms with E-state index in [2.05, 4.69) is 43.4 Å². The van der Waals surface area contributed by atoms with E-state index in [0.29, 0.717) is 11.7 Å². The van der Waals surface area contributed by atoms with E-state index in [1.807, 2.05) is 0 Å². The van der Waals surface area contributed by atoms with Crippen molar-refractivity contribution in [3.63, 3.8) is 0 Å². The average molecular weight is 374 g/mol. The zero-order valence-corrected chi connectivity index (χ0v) is 15.4. The number of rotatable bonds is 4. The van der Waals surface area contributed by atoms with E-state index in [1.54, 1.807) is 23.2 Å². The summed E-state index contributed by atoms with van der Waals surface area (Å²) in [5.41, 5.74) is 1.61. The number of nitrogens with one attached hydrogen (secondary N) is 1. The number of aryl methyl sites for hydroxylation is 1. The number of piperidine rings is 1. The molecule has 4 heterocycles. The Labute approximate surface area is 153 Å². The lowest BCUT2D eigenvalue weighted by Crippen LogP contribution is -2.41. The first-order valence-electron chi connectivity index (χ1n) is 8.30. The highest BCUT2D eigenvalue weighted by Gasteiger charge is 2.28. The number of hydrogen-bond donors (Lipinski definition) is 1. The van der Waals surface area contributed by atoms with E-state index in [9.17, 15) is 4.79 Å². The Morgan fingerprint density at radius 2 is 2.36 bits per heavy atom. The molecule has 130 valence electrons. The molecule has 0 radical (unpaired) electrons. The zero-order valence-electron chi connectivity index (χ0n) is 13.8. The third-order valence-corrected chi connectivity index (χ3v) is 6.18. The maximum Gasteiger partial charge on any atom is 0.231 e. The summed E-state index contributed by atoms with van der Waals surface area (Å²) in [6.45, 7) is 3.71. The van der Waals surface area contributed by atoms with Gasteiger partial charge in [-0.05, 0) is 25.3 Å². The number of carbonyl (C=O) groups is 1. The van der Waals surface area contributed by atoms with Gasteiger partial charge in [0.25, 0.3) is 0 Å². The van der Waals surface area contributed by atoms with Crippen molar-refractivity contribution in [3.8, 4) is 0 Å². The Hall–Kier alpha value is -2.13. The van der Waals surface area contributed by atoms with Gasteiger partial charge in [-0.15, -0.1) is 21.5 Å². The van der Waals surface area contributed by atoms with Gasteiger partial charge in [-0.3, -0.25) is 4.79 Å². The lowest BCUT2D eigenvalue weighted by Gasteiger charge is -2.32. The topological polar surface area (TPSA) is 83.9 Å². The molecule has 1 aliphatic rings. The number of thiophene rings is 1. The molecule has 1 amide bonds. The van der Waals surface area contributed by atoms with Crippen molar-refractivity contribution in [1.29, 1.82) is 0 Å². The quantitative estimate of drug-likeness (QED) is 0.756. The summed E-state index contributed by atoms with van der Waals surface area (Å²) >= 11 is 3.05. The molecular weight excluding hydrogens is 356 g/mol. The highest BCUT2D eigenvalue weighted by Crippen LogP contribution is 2.32. The van der Waals surface area contributed by atoms with Crippen LogP contribution in [-0.4, -0.2) is 39.2 Å². The smallest absolute Gasteiger partial charge is 0.231 e. The molecule has 0 aliphatic carbocycles. The second kappa shape index (κ2) is 7.01. The summed E-state index contributed by atoms with van der Waals surface area (Å²) in [5.74, 6) is 0.868. The molecule has 1 fully saturated rings. The summed E-state index contributed by atoms with van der Waals surface area (Å²) in [7, 11) is 0. The average Bonchev–Trinajstić information content (AvgIpc) is 3.30. The van der Waals surface area contributed by atoms with Crippen molar-refractivity contribution in [3.05, 3.63) is 22.8 Å². The molecule has 0 saturated carbocycles. The minimum atomic E-state index is -0.0769. The predicted molar refractivity (Wildman–Crippen MR) is 100 cm³/mol. The van der Waals surface area contributed by atoms with Gasteiger partial charge in [0.1, 0.15) is 22.5 Å². The molecule has 7 nitrogen and oxygen atoms in total. The van der Waals surface area contributed by atoms with Gasteiger partial charge < -0.3 is 10.2 Å². The number of nitrogens with zero attached hydrogens (tertiary/aromatic N) is 5. The van der Waals surface area contributed by atoms with Gasteiger partial charge in [0, 0.05) is 18.0 Å². The van der Waals surface area contributed by atoms with E-state index < -0.39 is 0 Å². The number of aromatic nitrogens is 4. The first kappa shape index (κ1) is 16.3. The summed E-state index contributed by atoms with van der Waals surface area (Å²) in [4.78, 5) is 26.0. The van der Waals surface area contributed by atoms with Gasteiger partial charge in [-0.1, -0.05) is 18.3 Å². The fourth-order valence-electron chi connectivity index (χ4n) is 3.14. The van der Waals surface area contributed by atoms with Crippen molar-refractivity contribution in [2.75, 3.05) is 23.3 Å². The van der Waals surface area contributed by atoms with E-state index in [4.69, 9.17) is 0 Å². The van der Waals surface area contributed by atoms with Crippen LogP contribution >= 0.6 is 22.7 Å². The Morgan fingerprint density at radius 3 is 3.16 bits per heavy atom. The van der Waals surface area contributed by atoms with E-state index in [1.165, 1.54) is 16.2 Å². The van der Waals surface area contributed by atoms with Gasteiger partial charge in [-0.25, -0.2) is 9.97 Å². The van der Waals surface area contributed by atoms with Gasteiger partial charge in [0.15, 0.2) is 0 Å². The maximum atomic E-state index is 12.5. The molecule has 1 N–H and O–H groups in total. The van der Waals surface area contributed by atoms with Crippen LogP contribution in [0.15, 0.2) is 17.9 Å². The molecule has 1 atom stereocenters. The molecule has 0 bridgehead atoms. The fraction of sp³-hybridized carbons (Fsp3) is 0.438. The summed E-state index contributed by atoms with van der Waals surface area (Å²) < 4.78 is 0. The van der Waals surface area contributed by atoms with Crippen molar-refractivity contribution in [2.24, 2.45) is 5.92 Å². The van der Waals surface area contributed by atoms with Crippen LogP contribution in [0.5, 0.6) is 0 Å². The molecular formula is C16H18N6OS2. The lowest BCUT2D eigenvalue weighted by molar-refractivity contribution is -0.120. The number of fused-ring (bicyclic) bond motifs is 1. The van der Waals surface area contributed by atoms with Crippen LogP contribution in [0.1, 0.15) is 24.6 Å². The number of carbonyl (C=O) groups excluding carboxylic acids is 1. The molecule has 1 aliphatic heterocycles. The highest BCUT2D eigenvalue weighted by molar-refractivity contribution is 7.18. The minimum Gasteiger partial charge on any atom is -0.355 e. The number of anilines is 2. The molecule has 3 aromatic rings. The molecule has 25 heavy (non-hydrogen) atoms.